The number of carbonyl (C=O) groups is 1. The Morgan fingerprint density at radius 2 is 1.97 bits per heavy atom. The maximum absolute atomic E-state index is 13.4. The number of thioether (sulfide) groups is 1. The van der Waals surface area contributed by atoms with Crippen LogP contribution in [0.25, 0.3) is 16.6 Å². The largest absolute Gasteiger partial charge is 0.494 e. The summed E-state index contributed by atoms with van der Waals surface area (Å²) in [6, 6.07) is 16.4. The molecule has 9 nitrogen and oxygen atoms in total. The van der Waals surface area contributed by atoms with E-state index in [9.17, 15) is 19.7 Å². The van der Waals surface area contributed by atoms with Gasteiger partial charge in [-0.15, -0.1) is 0 Å². The van der Waals surface area contributed by atoms with Crippen LogP contribution >= 0.6 is 23.4 Å². The second kappa shape index (κ2) is 10.8. The van der Waals surface area contributed by atoms with Crippen LogP contribution in [0.2, 0.25) is 5.02 Å². The Hall–Kier alpha value is -3.89. The number of nitro groups is 1. The average Bonchev–Trinajstić information content (AvgIpc) is 2.86. The standard InChI is InChI=1S/C25H21ClN4O5S/c1-3-35-16-11-12-20(22(13-16)30(33)34)27-23(31)14-36-25-28-19-9-5-4-7-17(19)24(32)29(25)21-10-6-8-18(26)15(21)2/h4-13H,3,14H2,1-2H3,(H,27,31). The van der Waals surface area contributed by atoms with E-state index in [2.05, 4.69) is 10.3 Å². The third-order valence-corrected chi connectivity index (χ3v) is 6.66. The fraction of sp³-hybridized carbons (Fsp3) is 0.160. The van der Waals surface area contributed by atoms with Crippen LogP contribution in [0, 0.1) is 17.0 Å². The zero-order valence-corrected chi connectivity index (χ0v) is 20.9. The lowest BCUT2D eigenvalue weighted by Crippen LogP contribution is -2.23. The highest BCUT2D eigenvalue weighted by atomic mass is 35.5. The number of nitrogens with zero attached hydrogens (tertiary/aromatic N) is 3. The Morgan fingerprint density at radius 3 is 2.72 bits per heavy atom. The molecular weight excluding hydrogens is 504 g/mol. The molecule has 4 aromatic rings. The van der Waals surface area contributed by atoms with Gasteiger partial charge in [0.2, 0.25) is 5.91 Å². The number of fused-ring (bicyclic) bond motifs is 1. The minimum atomic E-state index is -0.588. The zero-order chi connectivity index (χ0) is 25.8. The smallest absolute Gasteiger partial charge is 0.296 e. The van der Waals surface area contributed by atoms with Crippen molar-refractivity contribution in [1.29, 1.82) is 0 Å². The van der Waals surface area contributed by atoms with Gasteiger partial charge in [-0.2, -0.15) is 0 Å². The third-order valence-electron chi connectivity index (χ3n) is 5.31. The van der Waals surface area contributed by atoms with E-state index in [0.717, 1.165) is 11.8 Å². The van der Waals surface area contributed by atoms with E-state index in [-0.39, 0.29) is 22.7 Å². The van der Waals surface area contributed by atoms with Crippen molar-refractivity contribution in [1.82, 2.24) is 9.55 Å². The van der Waals surface area contributed by atoms with Crippen LogP contribution in [0.1, 0.15) is 12.5 Å². The number of benzene rings is 3. The second-order valence-electron chi connectivity index (χ2n) is 7.64. The van der Waals surface area contributed by atoms with Gasteiger partial charge in [-0.05, 0) is 55.8 Å². The number of anilines is 1. The fourth-order valence-corrected chi connectivity index (χ4v) is 4.58. The first-order valence-electron chi connectivity index (χ1n) is 10.9. The van der Waals surface area contributed by atoms with Gasteiger partial charge in [0.25, 0.3) is 11.2 Å². The van der Waals surface area contributed by atoms with Crippen molar-refractivity contribution in [2.24, 2.45) is 0 Å². The molecule has 3 aromatic carbocycles. The van der Waals surface area contributed by atoms with Gasteiger partial charge in [-0.1, -0.05) is 41.6 Å². The summed E-state index contributed by atoms with van der Waals surface area (Å²) in [5.74, 6) is -0.309. The van der Waals surface area contributed by atoms with E-state index >= 15 is 0 Å². The van der Waals surface area contributed by atoms with E-state index < -0.39 is 10.8 Å². The van der Waals surface area contributed by atoms with Crippen molar-refractivity contribution in [3.63, 3.8) is 0 Å². The molecule has 4 rings (SSSR count). The Bertz CT molecular complexity index is 1540. The molecule has 0 aliphatic heterocycles. The Balaban J connectivity index is 1.66. The van der Waals surface area contributed by atoms with Gasteiger partial charge in [0, 0.05) is 5.02 Å². The number of rotatable bonds is 8. The molecule has 0 spiro atoms. The van der Waals surface area contributed by atoms with E-state index in [1.165, 1.54) is 16.7 Å². The molecule has 0 unspecified atom stereocenters. The van der Waals surface area contributed by atoms with E-state index in [0.29, 0.717) is 44.7 Å². The van der Waals surface area contributed by atoms with Crippen molar-refractivity contribution in [3.8, 4) is 11.4 Å². The molecule has 11 heteroatoms. The second-order valence-corrected chi connectivity index (χ2v) is 8.99. The lowest BCUT2D eigenvalue weighted by atomic mass is 10.2. The molecule has 1 N–H and O–H groups in total. The van der Waals surface area contributed by atoms with Crippen LogP contribution in [-0.4, -0.2) is 32.7 Å². The predicted molar refractivity (Wildman–Crippen MR) is 141 cm³/mol. The minimum absolute atomic E-state index is 0.0450. The summed E-state index contributed by atoms with van der Waals surface area (Å²) >= 11 is 7.35. The summed E-state index contributed by atoms with van der Waals surface area (Å²) in [6.45, 7) is 3.92. The number of halogens is 1. The van der Waals surface area contributed by atoms with Crippen LogP contribution in [0.15, 0.2) is 70.6 Å². The fourth-order valence-electron chi connectivity index (χ4n) is 3.60. The Kier molecular flexibility index (Phi) is 7.56. The maximum atomic E-state index is 13.4. The summed E-state index contributed by atoms with van der Waals surface area (Å²) in [5, 5.41) is 15.3. The molecule has 1 amide bonds. The molecule has 1 heterocycles. The highest BCUT2D eigenvalue weighted by Gasteiger charge is 2.20. The first kappa shape index (κ1) is 25.2. The topological polar surface area (TPSA) is 116 Å². The number of carbonyl (C=O) groups excluding carboxylic acids is 1. The van der Waals surface area contributed by atoms with E-state index in [1.807, 2.05) is 0 Å². The van der Waals surface area contributed by atoms with Crippen molar-refractivity contribution >= 4 is 51.5 Å². The van der Waals surface area contributed by atoms with Gasteiger partial charge in [-0.3, -0.25) is 24.3 Å². The van der Waals surface area contributed by atoms with E-state index in [4.69, 9.17) is 16.3 Å². The third kappa shape index (κ3) is 5.19. The molecule has 1 aromatic heterocycles. The van der Waals surface area contributed by atoms with Crippen LogP contribution in [0.4, 0.5) is 11.4 Å². The van der Waals surface area contributed by atoms with Crippen LogP contribution in [0.5, 0.6) is 5.75 Å². The number of para-hydroxylation sites is 1. The van der Waals surface area contributed by atoms with Gasteiger partial charge in [-0.25, -0.2) is 4.98 Å². The van der Waals surface area contributed by atoms with E-state index in [1.54, 1.807) is 62.4 Å². The molecule has 0 bridgehead atoms. The lowest BCUT2D eigenvalue weighted by molar-refractivity contribution is -0.384. The molecule has 0 radical (unpaired) electrons. The maximum Gasteiger partial charge on any atom is 0.296 e. The van der Waals surface area contributed by atoms with Crippen LogP contribution < -0.4 is 15.6 Å². The zero-order valence-electron chi connectivity index (χ0n) is 19.4. The number of ether oxygens (including phenoxy) is 1. The van der Waals surface area contributed by atoms with Gasteiger partial charge < -0.3 is 10.1 Å². The molecule has 0 aliphatic rings. The van der Waals surface area contributed by atoms with Crippen LogP contribution in [-0.2, 0) is 4.79 Å². The minimum Gasteiger partial charge on any atom is -0.494 e. The summed E-state index contributed by atoms with van der Waals surface area (Å²) in [6.07, 6.45) is 0. The van der Waals surface area contributed by atoms with Gasteiger partial charge >= 0.3 is 0 Å². The molecule has 0 saturated carbocycles. The number of hydrogen-bond acceptors (Lipinski definition) is 7. The summed E-state index contributed by atoms with van der Waals surface area (Å²) in [7, 11) is 0. The van der Waals surface area contributed by atoms with Gasteiger partial charge in [0.05, 0.1) is 39.9 Å². The first-order chi connectivity index (χ1) is 17.3. The quantitative estimate of drug-likeness (QED) is 0.142. The monoisotopic (exact) mass is 524 g/mol. The van der Waals surface area contributed by atoms with Gasteiger partial charge in [0.15, 0.2) is 5.16 Å². The summed E-state index contributed by atoms with van der Waals surface area (Å²) < 4.78 is 6.74. The Morgan fingerprint density at radius 1 is 1.19 bits per heavy atom. The number of hydrogen-bond donors (Lipinski definition) is 1. The van der Waals surface area contributed by atoms with Crippen molar-refractivity contribution in [2.75, 3.05) is 17.7 Å². The Labute approximate surface area is 215 Å². The molecule has 0 saturated heterocycles. The predicted octanol–water partition coefficient (Wildman–Crippen LogP) is 5.39. The SMILES string of the molecule is CCOc1ccc(NC(=O)CSc2nc3ccccc3c(=O)n2-c2cccc(Cl)c2C)c([N+](=O)[O-])c1. The molecule has 36 heavy (non-hydrogen) atoms. The molecule has 0 fully saturated rings. The molecular formula is C25H21ClN4O5S. The van der Waals surface area contributed by atoms with Gasteiger partial charge in [0.1, 0.15) is 11.4 Å². The number of amides is 1. The normalized spacial score (nSPS) is 10.9. The van der Waals surface area contributed by atoms with Crippen molar-refractivity contribution < 1.29 is 14.5 Å². The average molecular weight is 525 g/mol. The number of aromatic nitrogens is 2. The molecule has 0 atom stereocenters. The number of nitrogens with one attached hydrogen (secondary N) is 1. The van der Waals surface area contributed by atoms with Crippen molar-refractivity contribution in [3.05, 3.63) is 91.7 Å². The highest BCUT2D eigenvalue weighted by molar-refractivity contribution is 7.99. The number of nitro benzene ring substituents is 1. The van der Waals surface area contributed by atoms with Crippen LogP contribution in [0.3, 0.4) is 0 Å². The lowest BCUT2D eigenvalue weighted by Gasteiger charge is -2.16. The highest BCUT2D eigenvalue weighted by Crippen LogP contribution is 2.30. The summed E-state index contributed by atoms with van der Waals surface area (Å²) in [4.78, 5) is 41.7. The molecule has 0 aliphatic carbocycles. The summed E-state index contributed by atoms with van der Waals surface area (Å²) in [5.41, 5.74) is 1.20. The first-order valence-corrected chi connectivity index (χ1v) is 12.3. The van der Waals surface area contributed by atoms with Crippen molar-refractivity contribution in [2.45, 2.75) is 19.0 Å². The molecule has 184 valence electrons.